The van der Waals surface area contributed by atoms with E-state index in [1.807, 2.05) is 0 Å². The van der Waals surface area contributed by atoms with Crippen molar-refractivity contribution in [3.63, 3.8) is 0 Å². The maximum atomic E-state index is 12.6. The lowest BCUT2D eigenvalue weighted by atomic mass is 10.0. The van der Waals surface area contributed by atoms with E-state index in [0.29, 0.717) is 25.4 Å². The van der Waals surface area contributed by atoms with Gasteiger partial charge in [0.2, 0.25) is 15.9 Å². The number of hydrogen-bond donors (Lipinski definition) is 0. The lowest BCUT2D eigenvalue weighted by Crippen LogP contribution is -2.39. The standard InChI is InChI=1S/C14H21N3O3S/c18-21(19,13-5-2-1-3-6-13)17-10-8-12(11-17)20-14-7-4-9-15-16-14/h4,7,9,12-13H,1-3,5-6,8,10-11H2/t12-/m0/s1. The Bertz CT molecular complexity index is 558. The smallest absolute Gasteiger partial charge is 0.233 e. The Balaban J connectivity index is 1.61. The molecule has 2 heterocycles. The van der Waals surface area contributed by atoms with Gasteiger partial charge in [-0.3, -0.25) is 0 Å². The van der Waals surface area contributed by atoms with Gasteiger partial charge < -0.3 is 4.74 Å². The van der Waals surface area contributed by atoms with Crippen LogP contribution < -0.4 is 4.74 Å². The Morgan fingerprint density at radius 1 is 1.19 bits per heavy atom. The van der Waals surface area contributed by atoms with Gasteiger partial charge in [0.25, 0.3) is 0 Å². The molecule has 7 heteroatoms. The summed E-state index contributed by atoms with van der Waals surface area (Å²) in [5.41, 5.74) is 0. The highest BCUT2D eigenvalue weighted by Crippen LogP contribution is 2.28. The molecule has 2 fully saturated rings. The largest absolute Gasteiger partial charge is 0.472 e. The molecule has 1 saturated heterocycles. The molecule has 1 aliphatic carbocycles. The number of aromatic nitrogens is 2. The summed E-state index contributed by atoms with van der Waals surface area (Å²) in [6, 6.07) is 3.50. The molecule has 0 amide bonds. The van der Waals surface area contributed by atoms with E-state index in [1.165, 1.54) is 0 Å². The SMILES string of the molecule is O=S(=O)(C1CCCCC1)N1CC[C@H](Oc2cccnn2)C1. The third-order valence-corrected chi connectivity index (χ3v) is 6.64. The molecule has 1 atom stereocenters. The van der Waals surface area contributed by atoms with Crippen LogP contribution >= 0.6 is 0 Å². The first-order chi connectivity index (χ1) is 10.2. The van der Waals surface area contributed by atoms with Crippen LogP contribution in [0.5, 0.6) is 5.88 Å². The highest BCUT2D eigenvalue weighted by atomic mass is 32.2. The lowest BCUT2D eigenvalue weighted by Gasteiger charge is -2.26. The first-order valence-corrected chi connectivity index (χ1v) is 9.10. The van der Waals surface area contributed by atoms with E-state index < -0.39 is 10.0 Å². The Morgan fingerprint density at radius 3 is 2.71 bits per heavy atom. The lowest BCUT2D eigenvalue weighted by molar-refractivity contribution is 0.204. The highest BCUT2D eigenvalue weighted by molar-refractivity contribution is 7.89. The molecule has 0 spiro atoms. The molecule has 2 aliphatic rings. The number of rotatable bonds is 4. The van der Waals surface area contributed by atoms with Crippen molar-refractivity contribution in [1.82, 2.24) is 14.5 Å². The fraction of sp³-hybridized carbons (Fsp3) is 0.714. The van der Waals surface area contributed by atoms with Gasteiger partial charge in [-0.25, -0.2) is 8.42 Å². The monoisotopic (exact) mass is 311 g/mol. The van der Waals surface area contributed by atoms with Gasteiger partial charge in [-0.05, 0) is 25.3 Å². The van der Waals surface area contributed by atoms with Gasteiger partial charge in [-0.15, -0.1) is 5.10 Å². The summed E-state index contributed by atoms with van der Waals surface area (Å²) in [6.07, 6.45) is 6.98. The van der Waals surface area contributed by atoms with Crippen molar-refractivity contribution >= 4 is 10.0 Å². The Labute approximate surface area is 125 Å². The normalized spacial score (nSPS) is 25.0. The first kappa shape index (κ1) is 14.7. The van der Waals surface area contributed by atoms with Gasteiger partial charge in [0.15, 0.2) is 0 Å². The van der Waals surface area contributed by atoms with Gasteiger partial charge in [-0.2, -0.15) is 9.40 Å². The Morgan fingerprint density at radius 2 is 2.00 bits per heavy atom. The van der Waals surface area contributed by atoms with Gasteiger partial charge in [0.1, 0.15) is 6.10 Å². The number of hydrogen-bond acceptors (Lipinski definition) is 5. The molecule has 6 nitrogen and oxygen atoms in total. The molecule has 116 valence electrons. The minimum atomic E-state index is -3.17. The summed E-state index contributed by atoms with van der Waals surface area (Å²) >= 11 is 0. The first-order valence-electron chi connectivity index (χ1n) is 7.59. The molecule has 0 aromatic carbocycles. The van der Waals surface area contributed by atoms with Crippen molar-refractivity contribution in [2.45, 2.75) is 49.9 Å². The summed E-state index contributed by atoms with van der Waals surface area (Å²) in [5, 5.41) is 7.45. The van der Waals surface area contributed by atoms with Gasteiger partial charge in [-0.1, -0.05) is 19.3 Å². The third-order valence-electron chi connectivity index (χ3n) is 4.28. The van der Waals surface area contributed by atoms with Crippen molar-refractivity contribution in [2.75, 3.05) is 13.1 Å². The van der Waals surface area contributed by atoms with E-state index >= 15 is 0 Å². The molecule has 3 rings (SSSR count). The fourth-order valence-electron chi connectivity index (χ4n) is 3.12. The summed E-state index contributed by atoms with van der Waals surface area (Å²) in [5.74, 6) is 0.458. The van der Waals surface area contributed by atoms with E-state index in [-0.39, 0.29) is 11.4 Å². The molecule has 1 aromatic heterocycles. The molecule has 1 aliphatic heterocycles. The molecular weight excluding hydrogens is 290 g/mol. The van der Waals surface area contributed by atoms with Crippen molar-refractivity contribution in [3.05, 3.63) is 18.3 Å². The predicted molar refractivity (Wildman–Crippen MR) is 78.4 cm³/mol. The maximum absolute atomic E-state index is 12.6. The topological polar surface area (TPSA) is 72.4 Å². The van der Waals surface area contributed by atoms with Crippen LogP contribution in [0.2, 0.25) is 0 Å². The minimum Gasteiger partial charge on any atom is -0.472 e. The van der Waals surface area contributed by atoms with Crippen LogP contribution in [0.3, 0.4) is 0 Å². The highest BCUT2D eigenvalue weighted by Gasteiger charge is 2.38. The molecule has 0 bridgehead atoms. The van der Waals surface area contributed by atoms with Crippen LogP contribution in [-0.4, -0.2) is 47.4 Å². The van der Waals surface area contributed by atoms with Crippen LogP contribution in [0, 0.1) is 0 Å². The van der Waals surface area contributed by atoms with Crippen LogP contribution in [0.15, 0.2) is 18.3 Å². The maximum Gasteiger partial charge on any atom is 0.233 e. The third kappa shape index (κ3) is 3.35. The van der Waals surface area contributed by atoms with Gasteiger partial charge >= 0.3 is 0 Å². The molecule has 0 N–H and O–H groups in total. The quantitative estimate of drug-likeness (QED) is 0.844. The fourth-order valence-corrected chi connectivity index (χ4v) is 5.20. The van der Waals surface area contributed by atoms with Gasteiger partial charge in [0, 0.05) is 18.8 Å². The van der Waals surface area contributed by atoms with E-state index in [9.17, 15) is 8.42 Å². The zero-order chi connectivity index (χ0) is 14.7. The predicted octanol–water partition coefficient (Wildman–Crippen LogP) is 1.59. The number of sulfonamides is 1. The number of ether oxygens (including phenoxy) is 1. The Hall–Kier alpha value is -1.21. The minimum absolute atomic E-state index is 0.125. The summed E-state index contributed by atoms with van der Waals surface area (Å²) in [4.78, 5) is 0. The molecule has 0 unspecified atom stereocenters. The van der Waals surface area contributed by atoms with Crippen molar-refractivity contribution in [3.8, 4) is 5.88 Å². The van der Waals surface area contributed by atoms with Crippen LogP contribution in [-0.2, 0) is 10.0 Å². The van der Waals surface area contributed by atoms with E-state index in [2.05, 4.69) is 10.2 Å². The van der Waals surface area contributed by atoms with Crippen molar-refractivity contribution in [2.24, 2.45) is 0 Å². The molecule has 21 heavy (non-hydrogen) atoms. The van der Waals surface area contributed by atoms with E-state index in [4.69, 9.17) is 4.74 Å². The second kappa shape index (κ2) is 6.27. The zero-order valence-corrected chi connectivity index (χ0v) is 12.8. The summed E-state index contributed by atoms with van der Waals surface area (Å²) in [6.45, 7) is 0.971. The van der Waals surface area contributed by atoms with E-state index in [1.54, 1.807) is 22.6 Å². The van der Waals surface area contributed by atoms with Crippen molar-refractivity contribution in [1.29, 1.82) is 0 Å². The molecular formula is C14H21N3O3S. The average molecular weight is 311 g/mol. The summed E-state index contributed by atoms with van der Waals surface area (Å²) in [7, 11) is -3.17. The Kier molecular flexibility index (Phi) is 4.40. The molecule has 1 aromatic rings. The van der Waals surface area contributed by atoms with Crippen LogP contribution in [0.4, 0.5) is 0 Å². The molecule has 1 saturated carbocycles. The van der Waals surface area contributed by atoms with Crippen LogP contribution in [0.25, 0.3) is 0 Å². The summed E-state index contributed by atoms with van der Waals surface area (Å²) < 4.78 is 32.6. The van der Waals surface area contributed by atoms with E-state index in [0.717, 1.165) is 32.1 Å². The average Bonchev–Trinajstić information content (AvgIpc) is 2.98. The zero-order valence-electron chi connectivity index (χ0n) is 12.0. The number of nitrogens with zero attached hydrogens (tertiary/aromatic N) is 3. The second-order valence-electron chi connectivity index (χ2n) is 5.75. The van der Waals surface area contributed by atoms with Crippen LogP contribution in [0.1, 0.15) is 38.5 Å². The second-order valence-corrected chi connectivity index (χ2v) is 7.97. The van der Waals surface area contributed by atoms with Gasteiger partial charge in [0.05, 0.1) is 11.8 Å². The molecule has 0 radical (unpaired) electrons. The van der Waals surface area contributed by atoms with Crippen molar-refractivity contribution < 1.29 is 13.2 Å².